The van der Waals surface area contributed by atoms with Crippen LogP contribution in [0.15, 0.2) is 35.6 Å². The summed E-state index contributed by atoms with van der Waals surface area (Å²) in [6.45, 7) is 13.6. The number of benzene rings is 1. The third-order valence-corrected chi connectivity index (χ3v) is 9.40. The van der Waals surface area contributed by atoms with Gasteiger partial charge >= 0.3 is 0 Å². The van der Waals surface area contributed by atoms with Gasteiger partial charge in [0.1, 0.15) is 5.82 Å². The van der Waals surface area contributed by atoms with Crippen molar-refractivity contribution < 1.29 is 18.8 Å². The van der Waals surface area contributed by atoms with Crippen LogP contribution in [0.3, 0.4) is 0 Å². The van der Waals surface area contributed by atoms with E-state index in [0.717, 1.165) is 65.1 Å². The first-order chi connectivity index (χ1) is 22.3. The molecule has 2 aromatic rings. The van der Waals surface area contributed by atoms with Crippen LogP contribution in [0.1, 0.15) is 41.4 Å². The molecular weight excluding hydrogens is 589 g/mol. The zero-order valence-electron chi connectivity index (χ0n) is 26.6. The highest BCUT2D eigenvalue weighted by Crippen LogP contribution is 2.19. The van der Waals surface area contributed by atoms with E-state index in [2.05, 4.69) is 26.6 Å². The van der Waals surface area contributed by atoms with Gasteiger partial charge in [0.25, 0.3) is 11.5 Å². The quantitative estimate of drug-likeness (QED) is 0.388. The minimum absolute atomic E-state index is 0.0228. The lowest BCUT2D eigenvalue weighted by atomic mass is 9.96. The van der Waals surface area contributed by atoms with E-state index >= 15 is 0 Å². The number of carbonyl (C=O) groups is 3. The average Bonchev–Trinajstić information content (AvgIpc) is 3.08. The Kier molecular flexibility index (Phi) is 11.1. The van der Waals surface area contributed by atoms with Crippen molar-refractivity contribution in [3.05, 3.63) is 74.3 Å². The number of hydrogen-bond acceptors (Lipinski definition) is 7. The number of piperazine rings is 2. The second-order valence-electron chi connectivity index (χ2n) is 12.3. The van der Waals surface area contributed by atoms with Crippen LogP contribution in [0.25, 0.3) is 12.2 Å². The van der Waals surface area contributed by atoms with Crippen molar-refractivity contribution in [1.29, 1.82) is 0 Å². The zero-order chi connectivity index (χ0) is 32.6. The molecule has 1 N–H and O–H groups in total. The van der Waals surface area contributed by atoms with Crippen LogP contribution in [0.2, 0.25) is 0 Å². The molecule has 0 aliphatic carbocycles. The molecule has 5 rings (SSSR count). The maximum absolute atomic E-state index is 14.9. The van der Waals surface area contributed by atoms with E-state index in [4.69, 9.17) is 0 Å². The van der Waals surface area contributed by atoms with Crippen LogP contribution in [-0.2, 0) is 16.0 Å². The number of H-pyrrole nitrogens is 1. The summed E-state index contributed by atoms with van der Waals surface area (Å²) in [5.41, 5.74) is 0.935. The number of allylic oxidation sites excluding steroid dienone is 1. The molecule has 3 aliphatic heterocycles. The largest absolute Gasteiger partial charge is 0.345 e. The van der Waals surface area contributed by atoms with Crippen molar-refractivity contribution in [1.82, 2.24) is 34.7 Å². The topological polar surface area (TPSA) is 113 Å². The molecular formula is C34H44FN7O4. The smallest absolute Gasteiger partial charge is 0.271 e. The first-order valence-electron chi connectivity index (χ1n) is 16.2. The average molecular weight is 634 g/mol. The van der Waals surface area contributed by atoms with Crippen molar-refractivity contribution in [2.24, 2.45) is 5.92 Å². The number of nitrogens with zero attached hydrogens (tertiary/aromatic N) is 6. The first kappa shape index (κ1) is 33.2. The fraction of sp³-hybridized carbons (Fsp3) is 0.500. The lowest BCUT2D eigenvalue weighted by Gasteiger charge is -2.39. The molecule has 246 valence electrons. The summed E-state index contributed by atoms with van der Waals surface area (Å²) in [5.74, 6) is -0.338. The van der Waals surface area contributed by atoms with Crippen molar-refractivity contribution in [3.63, 3.8) is 0 Å². The van der Waals surface area contributed by atoms with Crippen molar-refractivity contribution in [3.8, 4) is 0 Å². The molecule has 3 aliphatic rings. The molecule has 3 saturated heterocycles. The summed E-state index contributed by atoms with van der Waals surface area (Å²) in [4.78, 5) is 59.6. The lowest BCUT2D eigenvalue weighted by Crippen LogP contribution is -2.55. The second kappa shape index (κ2) is 15.4. The third-order valence-electron chi connectivity index (χ3n) is 9.40. The number of hydrogen-bond donors (Lipinski definition) is 1. The van der Waals surface area contributed by atoms with E-state index in [0.29, 0.717) is 60.3 Å². The maximum atomic E-state index is 14.9. The van der Waals surface area contributed by atoms with Gasteiger partial charge in [-0.05, 0) is 43.4 Å². The molecule has 0 atom stereocenters. The minimum Gasteiger partial charge on any atom is -0.345 e. The number of amides is 3. The van der Waals surface area contributed by atoms with Gasteiger partial charge in [-0.25, -0.2) is 9.49 Å². The molecule has 4 heterocycles. The number of aromatic amines is 1. The standard InChI is InChI=1S/C34H44FN7O4/c1-3-5-28-27(4-2)33(45)37-36-31(28)21-26-6-7-30(35)29(20-26)34(46)42-18-16-41(17-19-42)32(44)23-39-14-12-38(13-15-39)22-25-8-10-40(24-43)11-9-25/h3-7,20,24-25H,1,8-19,21-23H2,2H3,(H,37,45)/b27-4+,28-5+. The van der Waals surface area contributed by atoms with Gasteiger partial charge in [-0.1, -0.05) is 30.9 Å². The van der Waals surface area contributed by atoms with Gasteiger partial charge in [-0.2, -0.15) is 5.10 Å². The fourth-order valence-corrected chi connectivity index (χ4v) is 6.64. The van der Waals surface area contributed by atoms with Gasteiger partial charge in [0.15, 0.2) is 0 Å². The van der Waals surface area contributed by atoms with Crippen molar-refractivity contribution in [2.75, 3.05) is 78.5 Å². The highest BCUT2D eigenvalue weighted by atomic mass is 19.1. The van der Waals surface area contributed by atoms with Gasteiger partial charge in [-0.3, -0.25) is 24.1 Å². The molecule has 0 spiro atoms. The van der Waals surface area contributed by atoms with E-state index < -0.39 is 11.7 Å². The first-order valence-corrected chi connectivity index (χ1v) is 16.2. The molecule has 3 amide bonds. The Balaban J connectivity index is 1.11. The molecule has 1 aromatic carbocycles. The minimum atomic E-state index is -0.604. The Bertz CT molecular complexity index is 1600. The Morgan fingerprint density at radius 2 is 1.65 bits per heavy atom. The number of rotatable bonds is 9. The van der Waals surface area contributed by atoms with Gasteiger partial charge in [-0.15, -0.1) is 0 Å². The van der Waals surface area contributed by atoms with E-state index in [1.165, 1.54) is 6.07 Å². The van der Waals surface area contributed by atoms with Crippen molar-refractivity contribution in [2.45, 2.75) is 26.2 Å². The summed E-state index contributed by atoms with van der Waals surface area (Å²) in [6, 6.07) is 4.44. The van der Waals surface area contributed by atoms with Gasteiger partial charge in [0.05, 0.1) is 17.8 Å². The summed E-state index contributed by atoms with van der Waals surface area (Å²) >= 11 is 0. The number of nitrogens with one attached hydrogen (secondary N) is 1. The predicted octanol–water partition coefficient (Wildman–Crippen LogP) is 0.0371. The highest BCUT2D eigenvalue weighted by Gasteiger charge is 2.29. The highest BCUT2D eigenvalue weighted by molar-refractivity contribution is 5.95. The molecule has 0 saturated carbocycles. The number of likely N-dealkylation sites (tertiary alicyclic amines) is 1. The molecule has 0 unspecified atom stereocenters. The second-order valence-corrected chi connectivity index (χ2v) is 12.3. The van der Waals surface area contributed by atoms with Crippen LogP contribution >= 0.6 is 0 Å². The molecule has 0 bridgehead atoms. The maximum Gasteiger partial charge on any atom is 0.271 e. The van der Waals surface area contributed by atoms with Crippen LogP contribution in [0, 0.1) is 11.7 Å². The molecule has 3 fully saturated rings. The monoisotopic (exact) mass is 633 g/mol. The molecule has 0 radical (unpaired) electrons. The van der Waals surface area contributed by atoms with Crippen LogP contribution in [0.4, 0.5) is 4.39 Å². The number of piperidine rings is 1. The Labute approximate surface area is 268 Å². The van der Waals surface area contributed by atoms with E-state index in [1.807, 2.05) is 4.90 Å². The van der Waals surface area contributed by atoms with Crippen molar-refractivity contribution >= 4 is 30.4 Å². The normalized spacial score (nSPS) is 19.5. The molecule has 11 nitrogen and oxygen atoms in total. The summed E-state index contributed by atoms with van der Waals surface area (Å²) < 4.78 is 14.9. The molecule has 46 heavy (non-hydrogen) atoms. The fourth-order valence-electron chi connectivity index (χ4n) is 6.64. The van der Waals surface area contributed by atoms with E-state index in [1.54, 1.807) is 47.1 Å². The number of aromatic nitrogens is 2. The van der Waals surface area contributed by atoms with Crippen LogP contribution in [-0.4, -0.2) is 131 Å². The zero-order valence-corrected chi connectivity index (χ0v) is 26.6. The van der Waals surface area contributed by atoms with Gasteiger partial charge in [0.2, 0.25) is 12.3 Å². The van der Waals surface area contributed by atoms with Crippen LogP contribution in [0.5, 0.6) is 0 Å². The Hall–Kier alpha value is -4.16. The summed E-state index contributed by atoms with van der Waals surface area (Å²) in [5, 5.41) is 7.82. The Morgan fingerprint density at radius 3 is 2.30 bits per heavy atom. The Morgan fingerprint density at radius 1 is 0.978 bits per heavy atom. The van der Waals surface area contributed by atoms with E-state index in [9.17, 15) is 23.6 Å². The lowest BCUT2D eigenvalue weighted by molar-refractivity contribution is -0.134. The molecule has 1 aromatic heterocycles. The number of halogens is 1. The number of carbonyl (C=O) groups excluding carboxylic acids is 3. The van der Waals surface area contributed by atoms with E-state index in [-0.39, 0.29) is 23.5 Å². The summed E-state index contributed by atoms with van der Waals surface area (Å²) in [7, 11) is 0. The van der Waals surface area contributed by atoms with Crippen LogP contribution < -0.4 is 16.0 Å². The van der Waals surface area contributed by atoms with Gasteiger partial charge < -0.3 is 19.6 Å². The molecule has 12 heteroatoms. The SMILES string of the molecule is C=C/C=c1/c(Cc2ccc(F)c(C(=O)N3CCN(C(=O)CN4CCN(CC5CCN(C=O)CC5)CC4)CC3)c2)n[nH]c(=O)/c1=C/C. The summed E-state index contributed by atoms with van der Waals surface area (Å²) in [6.07, 6.45) is 8.33. The third kappa shape index (κ3) is 7.97. The predicted molar refractivity (Wildman–Crippen MR) is 174 cm³/mol. The van der Waals surface area contributed by atoms with Gasteiger partial charge in [0, 0.05) is 88.9 Å².